The highest BCUT2D eigenvalue weighted by Crippen LogP contribution is 2.23. The van der Waals surface area contributed by atoms with E-state index in [2.05, 4.69) is 0 Å². The van der Waals surface area contributed by atoms with Gasteiger partial charge in [-0.2, -0.15) is 0 Å². The first-order valence-corrected chi connectivity index (χ1v) is 6.33. The molecule has 1 heterocycles. The zero-order valence-corrected chi connectivity index (χ0v) is 10.5. The number of halogens is 1. The Hall–Kier alpha value is -1.91. The number of aliphatic carboxylic acids is 1. The van der Waals surface area contributed by atoms with Gasteiger partial charge in [-0.25, -0.2) is 4.39 Å². The summed E-state index contributed by atoms with van der Waals surface area (Å²) in [6.45, 7) is 1.08. The average Bonchev–Trinajstić information content (AvgIpc) is 2.85. The minimum absolute atomic E-state index is 0.0846. The number of hydrogen-bond donors (Lipinski definition) is 1. The Morgan fingerprint density at radius 1 is 1.37 bits per heavy atom. The van der Waals surface area contributed by atoms with Crippen LogP contribution in [0.2, 0.25) is 0 Å². The molecule has 0 aliphatic carbocycles. The summed E-state index contributed by atoms with van der Waals surface area (Å²) in [7, 11) is 0. The van der Waals surface area contributed by atoms with Crippen LogP contribution in [0.15, 0.2) is 24.3 Å². The lowest BCUT2D eigenvalue weighted by Crippen LogP contribution is -2.29. The van der Waals surface area contributed by atoms with Crippen LogP contribution in [0.5, 0.6) is 0 Å². The molecule has 102 valence electrons. The van der Waals surface area contributed by atoms with Gasteiger partial charge in [0.25, 0.3) is 5.91 Å². The number of amides is 1. The number of carbonyl (C=O) groups is 2. The lowest BCUT2D eigenvalue weighted by atomic mass is 10.0. The topological polar surface area (TPSA) is 57.6 Å². The maximum Gasteiger partial charge on any atom is 0.303 e. The molecule has 1 saturated heterocycles. The second-order valence-electron chi connectivity index (χ2n) is 4.82. The molecular weight excluding hydrogens is 249 g/mol. The van der Waals surface area contributed by atoms with Gasteiger partial charge in [0.15, 0.2) is 0 Å². The highest BCUT2D eigenvalue weighted by Gasteiger charge is 2.28. The van der Waals surface area contributed by atoms with Crippen LogP contribution < -0.4 is 0 Å². The van der Waals surface area contributed by atoms with E-state index in [1.165, 1.54) is 12.1 Å². The SMILES string of the molecule is O=C(O)CCC1CCN(C(=O)c2ccccc2F)C1. The summed E-state index contributed by atoms with van der Waals surface area (Å²) in [5, 5.41) is 8.63. The first-order valence-electron chi connectivity index (χ1n) is 6.33. The normalized spacial score (nSPS) is 18.6. The number of likely N-dealkylation sites (tertiary alicyclic amines) is 1. The fourth-order valence-corrected chi connectivity index (χ4v) is 2.39. The van der Waals surface area contributed by atoms with Gasteiger partial charge in [-0.15, -0.1) is 0 Å². The van der Waals surface area contributed by atoms with Gasteiger partial charge in [-0.05, 0) is 30.9 Å². The van der Waals surface area contributed by atoms with Crippen LogP contribution in [0.25, 0.3) is 0 Å². The van der Waals surface area contributed by atoms with Gasteiger partial charge in [0.05, 0.1) is 5.56 Å². The highest BCUT2D eigenvalue weighted by molar-refractivity contribution is 5.94. The third-order valence-electron chi connectivity index (χ3n) is 3.44. The molecule has 0 saturated carbocycles. The molecule has 19 heavy (non-hydrogen) atoms. The molecular formula is C14H16FNO3. The van der Waals surface area contributed by atoms with Crippen LogP contribution in [0.4, 0.5) is 4.39 Å². The molecule has 0 spiro atoms. The molecule has 1 amide bonds. The Bertz CT molecular complexity index is 489. The van der Waals surface area contributed by atoms with Crippen molar-refractivity contribution in [1.29, 1.82) is 0 Å². The van der Waals surface area contributed by atoms with Gasteiger partial charge in [0, 0.05) is 19.5 Å². The Kier molecular flexibility index (Phi) is 4.14. The summed E-state index contributed by atoms with van der Waals surface area (Å²) < 4.78 is 13.5. The summed E-state index contributed by atoms with van der Waals surface area (Å²) in [6, 6.07) is 5.92. The van der Waals surface area contributed by atoms with Crippen LogP contribution in [0.1, 0.15) is 29.6 Å². The summed E-state index contributed by atoms with van der Waals surface area (Å²) in [6.07, 6.45) is 1.47. The van der Waals surface area contributed by atoms with Crippen molar-refractivity contribution in [3.05, 3.63) is 35.6 Å². The van der Waals surface area contributed by atoms with Crippen molar-refractivity contribution < 1.29 is 19.1 Å². The van der Waals surface area contributed by atoms with Crippen molar-refractivity contribution in [3.8, 4) is 0 Å². The van der Waals surface area contributed by atoms with Crippen LogP contribution in [-0.4, -0.2) is 35.0 Å². The summed E-state index contributed by atoms with van der Waals surface area (Å²) in [5.74, 6) is -1.44. The Morgan fingerprint density at radius 3 is 2.79 bits per heavy atom. The molecule has 4 nitrogen and oxygen atoms in total. The average molecular weight is 265 g/mol. The Morgan fingerprint density at radius 2 is 2.11 bits per heavy atom. The number of nitrogens with zero attached hydrogens (tertiary/aromatic N) is 1. The van der Waals surface area contributed by atoms with Crippen molar-refractivity contribution in [1.82, 2.24) is 4.90 Å². The molecule has 1 atom stereocenters. The lowest BCUT2D eigenvalue weighted by Gasteiger charge is -2.16. The zero-order valence-electron chi connectivity index (χ0n) is 10.5. The van der Waals surface area contributed by atoms with E-state index in [1.807, 2.05) is 0 Å². The van der Waals surface area contributed by atoms with Gasteiger partial charge >= 0.3 is 5.97 Å². The molecule has 0 bridgehead atoms. The second kappa shape index (κ2) is 5.82. The number of hydrogen-bond acceptors (Lipinski definition) is 2. The highest BCUT2D eigenvalue weighted by atomic mass is 19.1. The summed E-state index contributed by atoms with van der Waals surface area (Å²) in [4.78, 5) is 24.2. The second-order valence-corrected chi connectivity index (χ2v) is 4.82. The zero-order chi connectivity index (χ0) is 13.8. The molecule has 1 aliphatic heterocycles. The maximum absolute atomic E-state index is 13.5. The molecule has 1 aromatic rings. The van der Waals surface area contributed by atoms with Gasteiger partial charge in [0.2, 0.25) is 0 Å². The molecule has 5 heteroatoms. The van der Waals surface area contributed by atoms with Gasteiger partial charge in [-0.3, -0.25) is 9.59 Å². The van der Waals surface area contributed by atoms with Crippen LogP contribution >= 0.6 is 0 Å². The van der Waals surface area contributed by atoms with Crippen LogP contribution in [0.3, 0.4) is 0 Å². The van der Waals surface area contributed by atoms with Crippen molar-refractivity contribution in [2.24, 2.45) is 5.92 Å². The lowest BCUT2D eigenvalue weighted by molar-refractivity contribution is -0.137. The molecule has 0 aromatic heterocycles. The number of carboxylic acids is 1. The minimum Gasteiger partial charge on any atom is -0.481 e. The van der Waals surface area contributed by atoms with Crippen LogP contribution in [-0.2, 0) is 4.79 Å². The van der Waals surface area contributed by atoms with E-state index in [9.17, 15) is 14.0 Å². The predicted octanol–water partition coefficient (Wildman–Crippen LogP) is 2.15. The molecule has 1 fully saturated rings. The van der Waals surface area contributed by atoms with E-state index in [1.54, 1.807) is 17.0 Å². The van der Waals surface area contributed by atoms with Gasteiger partial charge in [-0.1, -0.05) is 12.1 Å². The van der Waals surface area contributed by atoms with Gasteiger partial charge in [0.1, 0.15) is 5.82 Å². The first-order chi connectivity index (χ1) is 9.08. The third kappa shape index (κ3) is 3.30. The van der Waals surface area contributed by atoms with Crippen molar-refractivity contribution >= 4 is 11.9 Å². The van der Waals surface area contributed by atoms with Crippen molar-refractivity contribution in [2.45, 2.75) is 19.3 Å². The minimum atomic E-state index is -0.820. The monoisotopic (exact) mass is 265 g/mol. The summed E-state index contributed by atoms with van der Waals surface area (Å²) >= 11 is 0. The number of carboxylic acid groups (broad SMARTS) is 1. The standard InChI is InChI=1S/C14H16FNO3/c15-12-4-2-1-3-11(12)14(19)16-8-7-10(9-16)5-6-13(17)18/h1-4,10H,5-9H2,(H,17,18). The molecule has 1 aliphatic rings. The fourth-order valence-electron chi connectivity index (χ4n) is 2.39. The van der Waals surface area contributed by atoms with E-state index < -0.39 is 11.8 Å². The quantitative estimate of drug-likeness (QED) is 0.907. The number of benzene rings is 1. The molecule has 2 rings (SSSR count). The largest absolute Gasteiger partial charge is 0.481 e. The number of carbonyl (C=O) groups excluding carboxylic acids is 1. The van der Waals surface area contributed by atoms with E-state index in [0.717, 1.165) is 6.42 Å². The molecule has 1 unspecified atom stereocenters. The van der Waals surface area contributed by atoms with E-state index in [4.69, 9.17) is 5.11 Å². The third-order valence-corrected chi connectivity index (χ3v) is 3.44. The Balaban J connectivity index is 1.95. The van der Waals surface area contributed by atoms with E-state index in [0.29, 0.717) is 19.5 Å². The molecule has 1 aromatic carbocycles. The fraction of sp³-hybridized carbons (Fsp3) is 0.429. The van der Waals surface area contributed by atoms with E-state index >= 15 is 0 Å². The maximum atomic E-state index is 13.5. The van der Waals surface area contributed by atoms with Crippen molar-refractivity contribution in [2.75, 3.05) is 13.1 Å². The predicted molar refractivity (Wildman–Crippen MR) is 67.3 cm³/mol. The Labute approximate surface area is 110 Å². The smallest absolute Gasteiger partial charge is 0.303 e. The van der Waals surface area contributed by atoms with Crippen molar-refractivity contribution in [3.63, 3.8) is 0 Å². The van der Waals surface area contributed by atoms with E-state index in [-0.39, 0.29) is 23.8 Å². The van der Waals surface area contributed by atoms with Gasteiger partial charge < -0.3 is 10.0 Å². The number of rotatable bonds is 4. The molecule has 1 N–H and O–H groups in total. The first kappa shape index (κ1) is 13.5. The summed E-state index contributed by atoms with van der Waals surface area (Å²) in [5.41, 5.74) is 0.0846. The van der Waals surface area contributed by atoms with Crippen LogP contribution in [0, 0.1) is 11.7 Å². The molecule has 0 radical (unpaired) electrons.